The van der Waals surface area contributed by atoms with Crippen molar-refractivity contribution in [2.75, 3.05) is 0 Å². The average molecular weight is 766 g/mol. The molecule has 12 rings (SSSR count). The van der Waals surface area contributed by atoms with Crippen LogP contribution in [0.1, 0.15) is 0 Å². The van der Waals surface area contributed by atoms with Crippen molar-refractivity contribution >= 4 is 54.4 Å². The van der Waals surface area contributed by atoms with E-state index in [-0.39, 0.29) is 0 Å². The summed E-state index contributed by atoms with van der Waals surface area (Å²) in [6.07, 6.45) is 0. The minimum atomic E-state index is 0.629. The summed E-state index contributed by atoms with van der Waals surface area (Å²) in [5, 5.41) is 7.41. The molecule has 0 bridgehead atoms. The summed E-state index contributed by atoms with van der Waals surface area (Å²) in [6.45, 7) is 0. The van der Waals surface area contributed by atoms with Crippen LogP contribution in [0.25, 0.3) is 111 Å². The summed E-state index contributed by atoms with van der Waals surface area (Å²) in [5.41, 5.74) is 12.0. The van der Waals surface area contributed by atoms with Crippen LogP contribution in [0.3, 0.4) is 0 Å². The van der Waals surface area contributed by atoms with Crippen molar-refractivity contribution in [1.29, 1.82) is 0 Å². The second-order valence-electron chi connectivity index (χ2n) is 15.2. The molecule has 3 aromatic heterocycles. The highest BCUT2D eigenvalue weighted by Gasteiger charge is 2.25. The molecule has 0 fully saturated rings. The fourth-order valence-corrected chi connectivity index (χ4v) is 9.11. The molecule has 0 amide bonds. The SMILES string of the molecule is c1ccc(-c2nc(-c3ccccc3)nc(-c3ccc(-n4c5ccccc5c5c(-c6ccccc6)c6c7c8ccccc8ccc7n(-c7ccccc7)c6cc54)cc3)n2)cc1. The molecule has 5 heteroatoms. The van der Waals surface area contributed by atoms with Crippen LogP contribution in [0.4, 0.5) is 0 Å². The first-order valence-corrected chi connectivity index (χ1v) is 20.3. The molecular formula is C55H35N5. The van der Waals surface area contributed by atoms with Gasteiger partial charge in [0.25, 0.3) is 0 Å². The lowest BCUT2D eigenvalue weighted by Gasteiger charge is -2.13. The summed E-state index contributed by atoms with van der Waals surface area (Å²) in [7, 11) is 0. The number of hydrogen-bond acceptors (Lipinski definition) is 3. The van der Waals surface area contributed by atoms with Crippen LogP contribution >= 0.6 is 0 Å². The van der Waals surface area contributed by atoms with Gasteiger partial charge < -0.3 is 9.13 Å². The fourth-order valence-electron chi connectivity index (χ4n) is 9.11. The van der Waals surface area contributed by atoms with Crippen molar-refractivity contribution in [3.63, 3.8) is 0 Å². The van der Waals surface area contributed by atoms with E-state index in [0.29, 0.717) is 17.5 Å². The van der Waals surface area contributed by atoms with Crippen molar-refractivity contribution in [2.24, 2.45) is 0 Å². The van der Waals surface area contributed by atoms with E-state index in [9.17, 15) is 0 Å². The Morgan fingerprint density at radius 3 is 1.38 bits per heavy atom. The molecule has 0 N–H and O–H groups in total. The van der Waals surface area contributed by atoms with Crippen LogP contribution in [-0.4, -0.2) is 24.1 Å². The van der Waals surface area contributed by atoms with E-state index in [2.05, 4.69) is 161 Å². The number of rotatable bonds is 6. The first kappa shape index (κ1) is 33.9. The Kier molecular flexibility index (Phi) is 7.78. The summed E-state index contributed by atoms with van der Waals surface area (Å²) >= 11 is 0. The van der Waals surface area contributed by atoms with Gasteiger partial charge in [-0.05, 0) is 70.9 Å². The molecule has 0 aliphatic carbocycles. The van der Waals surface area contributed by atoms with Gasteiger partial charge in [-0.15, -0.1) is 0 Å². The van der Waals surface area contributed by atoms with Gasteiger partial charge in [0.2, 0.25) is 0 Å². The molecule has 0 saturated carbocycles. The van der Waals surface area contributed by atoms with Crippen LogP contribution in [0.5, 0.6) is 0 Å². The van der Waals surface area contributed by atoms with Crippen LogP contribution < -0.4 is 0 Å². The zero-order chi connectivity index (χ0) is 39.6. The molecule has 5 nitrogen and oxygen atoms in total. The van der Waals surface area contributed by atoms with Gasteiger partial charge in [-0.1, -0.05) is 158 Å². The van der Waals surface area contributed by atoms with Gasteiger partial charge in [-0.25, -0.2) is 15.0 Å². The maximum atomic E-state index is 5.02. The first-order chi connectivity index (χ1) is 29.8. The third kappa shape index (κ3) is 5.37. The molecule has 12 aromatic rings. The highest BCUT2D eigenvalue weighted by molar-refractivity contribution is 6.32. The molecule has 0 saturated heterocycles. The molecule has 0 radical (unpaired) electrons. The van der Waals surface area contributed by atoms with Gasteiger partial charge >= 0.3 is 0 Å². The molecule has 0 aliphatic heterocycles. The lowest BCUT2D eigenvalue weighted by Crippen LogP contribution is -2.00. The first-order valence-electron chi connectivity index (χ1n) is 20.3. The maximum Gasteiger partial charge on any atom is 0.164 e. The third-order valence-electron chi connectivity index (χ3n) is 11.7. The Morgan fingerprint density at radius 2 is 0.750 bits per heavy atom. The minimum absolute atomic E-state index is 0.629. The van der Waals surface area contributed by atoms with Gasteiger partial charge in [0.15, 0.2) is 17.5 Å². The van der Waals surface area contributed by atoms with E-state index >= 15 is 0 Å². The number of nitrogens with zero attached hydrogens (tertiary/aromatic N) is 5. The lowest BCUT2D eigenvalue weighted by atomic mass is 9.93. The van der Waals surface area contributed by atoms with E-state index in [0.717, 1.165) is 44.6 Å². The average Bonchev–Trinajstić information content (AvgIpc) is 3.84. The molecule has 0 spiro atoms. The number of fused-ring (bicyclic) bond motifs is 8. The van der Waals surface area contributed by atoms with Gasteiger partial charge in [0.05, 0.1) is 22.1 Å². The van der Waals surface area contributed by atoms with E-state index in [1.807, 2.05) is 60.7 Å². The predicted molar refractivity (Wildman–Crippen MR) is 248 cm³/mol. The Morgan fingerprint density at radius 1 is 0.283 bits per heavy atom. The molecule has 0 atom stereocenters. The summed E-state index contributed by atoms with van der Waals surface area (Å²) in [5.74, 6) is 1.92. The van der Waals surface area contributed by atoms with Gasteiger partial charge in [0, 0.05) is 55.2 Å². The molecule has 0 aliphatic rings. The fraction of sp³-hybridized carbons (Fsp3) is 0. The predicted octanol–water partition coefficient (Wildman–Crippen LogP) is 13.9. The largest absolute Gasteiger partial charge is 0.309 e. The number of aromatic nitrogens is 5. The van der Waals surface area contributed by atoms with Crippen molar-refractivity contribution in [3.8, 4) is 56.7 Å². The Labute approximate surface area is 346 Å². The maximum absolute atomic E-state index is 5.02. The third-order valence-corrected chi connectivity index (χ3v) is 11.7. The second kappa shape index (κ2) is 13.8. The molecule has 0 unspecified atom stereocenters. The quantitative estimate of drug-likeness (QED) is 0.169. The summed E-state index contributed by atoms with van der Waals surface area (Å²) in [4.78, 5) is 15.0. The standard InChI is InChI=1S/C55H35N5/c1-5-18-37(19-6-1)49-51-44-27-15-16-28-45(44)59(47(51)35-48-52(49)50-43-26-14-13-17-36(43)31-34-46(50)60(48)41-24-11-4-12-25-41)42-32-29-40(30-33-42)55-57-53(38-20-7-2-8-21-38)56-54(58-55)39-22-9-3-10-23-39/h1-35H. The topological polar surface area (TPSA) is 48.5 Å². The monoisotopic (exact) mass is 765 g/mol. The normalized spacial score (nSPS) is 11.7. The summed E-state index contributed by atoms with van der Waals surface area (Å²) < 4.78 is 4.87. The molecule has 60 heavy (non-hydrogen) atoms. The van der Waals surface area contributed by atoms with Crippen molar-refractivity contribution in [1.82, 2.24) is 24.1 Å². The summed E-state index contributed by atoms with van der Waals surface area (Å²) in [6, 6.07) is 75.2. The smallest absolute Gasteiger partial charge is 0.164 e. The number of benzene rings is 9. The Balaban J connectivity index is 1.14. The van der Waals surface area contributed by atoms with Crippen LogP contribution in [0, 0.1) is 0 Å². The highest BCUT2D eigenvalue weighted by atomic mass is 15.0. The van der Waals surface area contributed by atoms with E-state index < -0.39 is 0 Å². The van der Waals surface area contributed by atoms with E-state index in [1.54, 1.807) is 0 Å². The zero-order valence-electron chi connectivity index (χ0n) is 32.4. The van der Waals surface area contributed by atoms with Crippen molar-refractivity contribution in [3.05, 3.63) is 212 Å². The molecular weight excluding hydrogens is 731 g/mol. The van der Waals surface area contributed by atoms with Crippen molar-refractivity contribution in [2.45, 2.75) is 0 Å². The molecule has 3 heterocycles. The van der Waals surface area contributed by atoms with Crippen LogP contribution in [0.15, 0.2) is 212 Å². The van der Waals surface area contributed by atoms with Gasteiger partial charge in [-0.2, -0.15) is 0 Å². The van der Waals surface area contributed by atoms with Gasteiger partial charge in [0.1, 0.15) is 0 Å². The van der Waals surface area contributed by atoms with Crippen LogP contribution in [0.2, 0.25) is 0 Å². The van der Waals surface area contributed by atoms with Crippen molar-refractivity contribution < 1.29 is 0 Å². The number of para-hydroxylation sites is 2. The Hall–Kier alpha value is -8.15. The van der Waals surface area contributed by atoms with Gasteiger partial charge in [-0.3, -0.25) is 0 Å². The Bertz CT molecular complexity index is 3500. The molecule has 9 aromatic carbocycles. The van der Waals surface area contributed by atoms with E-state index in [4.69, 9.17) is 15.0 Å². The minimum Gasteiger partial charge on any atom is -0.309 e. The highest BCUT2D eigenvalue weighted by Crippen LogP contribution is 2.48. The molecule has 280 valence electrons. The lowest BCUT2D eigenvalue weighted by molar-refractivity contribution is 1.07. The van der Waals surface area contributed by atoms with E-state index in [1.165, 1.54) is 49.0 Å². The van der Waals surface area contributed by atoms with Crippen LogP contribution in [-0.2, 0) is 0 Å². The number of hydrogen-bond donors (Lipinski definition) is 0. The second-order valence-corrected chi connectivity index (χ2v) is 15.2. The zero-order valence-corrected chi connectivity index (χ0v) is 32.4.